The van der Waals surface area contributed by atoms with Crippen LogP contribution in [0, 0.1) is 6.92 Å². The van der Waals surface area contributed by atoms with E-state index in [0.29, 0.717) is 29.5 Å². The molecule has 0 atom stereocenters. The van der Waals surface area contributed by atoms with E-state index in [1.807, 2.05) is 31.2 Å². The van der Waals surface area contributed by atoms with Crippen LogP contribution in [0.1, 0.15) is 43.2 Å². The second-order valence-electron chi connectivity index (χ2n) is 10.6. The summed E-state index contributed by atoms with van der Waals surface area (Å²) in [5.74, 6) is 0.842. The molecule has 0 fully saturated rings. The van der Waals surface area contributed by atoms with Gasteiger partial charge in [-0.15, -0.1) is 0 Å². The predicted octanol–water partition coefficient (Wildman–Crippen LogP) is 6.26. The number of amides is 3. The zero-order valence-electron chi connectivity index (χ0n) is 25.8. The molecule has 0 aliphatic carbocycles. The van der Waals surface area contributed by atoms with Crippen LogP contribution in [-0.4, -0.2) is 40.6 Å². The van der Waals surface area contributed by atoms with Crippen LogP contribution in [0.2, 0.25) is 0 Å². The number of halogens is 3. The van der Waals surface area contributed by atoms with E-state index in [9.17, 15) is 22.8 Å². The maximum atomic E-state index is 13.8. The molecular formula is C32H33F3N6O5. The number of primary amides is 1. The highest BCUT2D eigenvalue weighted by atomic mass is 19.4. The molecule has 2 heterocycles. The number of rotatable bonds is 11. The van der Waals surface area contributed by atoms with E-state index in [4.69, 9.17) is 19.9 Å². The molecule has 4 N–H and O–H groups in total. The number of alkyl halides is 3. The first-order valence-corrected chi connectivity index (χ1v) is 14.0. The third kappa shape index (κ3) is 7.81. The van der Waals surface area contributed by atoms with Gasteiger partial charge in [-0.3, -0.25) is 4.79 Å². The number of nitrogens with zero attached hydrogens (tertiary/aromatic N) is 3. The van der Waals surface area contributed by atoms with Crippen molar-refractivity contribution in [3.8, 4) is 28.8 Å². The number of hydrogen-bond acceptors (Lipinski definition) is 8. The van der Waals surface area contributed by atoms with Crippen molar-refractivity contribution in [3.05, 3.63) is 83.3 Å². The topological polar surface area (TPSA) is 151 Å². The maximum Gasteiger partial charge on any atom is 0.416 e. The molecule has 2 aromatic heterocycles. The monoisotopic (exact) mass is 638 g/mol. The van der Waals surface area contributed by atoms with Crippen molar-refractivity contribution in [2.45, 2.75) is 45.9 Å². The molecule has 3 amide bonds. The van der Waals surface area contributed by atoms with E-state index in [0.717, 1.165) is 23.4 Å². The van der Waals surface area contributed by atoms with Crippen molar-refractivity contribution in [2.24, 2.45) is 5.73 Å². The molecule has 46 heavy (non-hydrogen) atoms. The quantitative estimate of drug-likeness (QED) is 0.174. The molecule has 0 spiro atoms. The second-order valence-corrected chi connectivity index (χ2v) is 10.6. The first-order valence-electron chi connectivity index (χ1n) is 14.0. The van der Waals surface area contributed by atoms with Gasteiger partial charge >= 0.3 is 12.2 Å². The Morgan fingerprint density at radius 1 is 0.935 bits per heavy atom. The molecule has 242 valence electrons. The van der Waals surface area contributed by atoms with Gasteiger partial charge in [0.2, 0.25) is 11.8 Å². The van der Waals surface area contributed by atoms with E-state index in [1.54, 1.807) is 20.1 Å². The zero-order valence-corrected chi connectivity index (χ0v) is 25.8. The number of methoxy groups -OCH3 is 1. The van der Waals surface area contributed by atoms with Crippen molar-refractivity contribution < 1.29 is 37.0 Å². The minimum absolute atomic E-state index is 0.147. The molecule has 14 heteroatoms. The van der Waals surface area contributed by atoms with Crippen molar-refractivity contribution in [2.75, 3.05) is 24.4 Å². The summed E-state index contributed by atoms with van der Waals surface area (Å²) in [5, 5.41) is 4.92. The van der Waals surface area contributed by atoms with Gasteiger partial charge < -0.3 is 30.6 Å². The number of aromatic nitrogens is 3. The molecule has 0 bridgehead atoms. The number of nitrogens with two attached hydrogens (primary N) is 1. The van der Waals surface area contributed by atoms with Gasteiger partial charge in [0.15, 0.2) is 5.82 Å². The first kappa shape index (κ1) is 33.5. The Morgan fingerprint density at radius 2 is 1.65 bits per heavy atom. The highest BCUT2D eigenvalue weighted by Crippen LogP contribution is 2.39. The predicted molar refractivity (Wildman–Crippen MR) is 165 cm³/mol. The summed E-state index contributed by atoms with van der Waals surface area (Å²) in [4.78, 5) is 37.7. The molecule has 2 aromatic carbocycles. The number of carbonyl (C=O) groups excluding carboxylic acids is 2. The van der Waals surface area contributed by atoms with Gasteiger partial charge in [-0.05, 0) is 63.1 Å². The summed E-state index contributed by atoms with van der Waals surface area (Å²) >= 11 is 0. The number of benzene rings is 2. The minimum Gasteiger partial charge on any atom is -0.497 e. The fraction of sp³-hybridized carbons (Fsp3) is 0.281. The fourth-order valence-electron chi connectivity index (χ4n) is 4.36. The molecule has 11 nitrogen and oxygen atoms in total. The number of ether oxygens (including phenoxy) is 3. The van der Waals surface area contributed by atoms with Gasteiger partial charge in [0.25, 0.3) is 0 Å². The van der Waals surface area contributed by atoms with E-state index in [2.05, 4.69) is 25.6 Å². The fourth-order valence-corrected chi connectivity index (χ4v) is 4.36. The third-order valence-corrected chi connectivity index (χ3v) is 7.03. The van der Waals surface area contributed by atoms with Crippen LogP contribution in [-0.2, 0) is 23.0 Å². The molecule has 0 unspecified atom stereocenters. The van der Waals surface area contributed by atoms with Gasteiger partial charge in [0, 0.05) is 18.0 Å². The second kappa shape index (κ2) is 13.7. The van der Waals surface area contributed by atoms with Crippen molar-refractivity contribution in [1.29, 1.82) is 0 Å². The lowest BCUT2D eigenvalue weighted by Crippen LogP contribution is -2.37. The van der Waals surface area contributed by atoms with Crippen LogP contribution in [0.5, 0.6) is 17.4 Å². The summed E-state index contributed by atoms with van der Waals surface area (Å²) in [6.45, 7) is 6.67. The minimum atomic E-state index is -4.80. The lowest BCUT2D eigenvalue weighted by Gasteiger charge is -2.26. The number of aryl methyl sites for hydroxylation is 1. The number of urea groups is 1. The summed E-state index contributed by atoms with van der Waals surface area (Å²) in [6.07, 6.45) is -1.92. The molecule has 0 aliphatic rings. The van der Waals surface area contributed by atoms with Gasteiger partial charge in [0.1, 0.15) is 18.1 Å². The van der Waals surface area contributed by atoms with E-state index in [-0.39, 0.29) is 29.4 Å². The Labute approximate surface area is 263 Å². The number of nitrogens with one attached hydrogen (secondary N) is 2. The molecule has 4 aromatic rings. The van der Waals surface area contributed by atoms with Crippen LogP contribution in [0.3, 0.4) is 0 Å². The average molecular weight is 639 g/mol. The van der Waals surface area contributed by atoms with Crippen LogP contribution in [0.15, 0.2) is 60.9 Å². The zero-order chi connectivity index (χ0) is 33.6. The Kier molecular flexibility index (Phi) is 9.98. The van der Waals surface area contributed by atoms with E-state index < -0.39 is 29.1 Å². The third-order valence-electron chi connectivity index (χ3n) is 7.03. The Morgan fingerprint density at radius 3 is 2.26 bits per heavy atom. The number of carbonyl (C=O) groups is 2. The van der Waals surface area contributed by atoms with Gasteiger partial charge in [-0.2, -0.15) is 13.2 Å². The molecule has 0 saturated heterocycles. The van der Waals surface area contributed by atoms with E-state index >= 15 is 0 Å². The molecule has 0 aliphatic heterocycles. The smallest absolute Gasteiger partial charge is 0.416 e. The molecular weight excluding hydrogens is 605 g/mol. The summed E-state index contributed by atoms with van der Waals surface area (Å²) < 4.78 is 58.3. The van der Waals surface area contributed by atoms with Crippen LogP contribution in [0.4, 0.5) is 29.3 Å². The number of anilines is 2. The largest absolute Gasteiger partial charge is 0.497 e. The van der Waals surface area contributed by atoms with Gasteiger partial charge in [-0.25, -0.2) is 19.7 Å². The SMILES string of the molecule is CCOc1cc(OCc2ccc(OC)cc2)ncc1-c1ncc(NC(=O)Nc2ccc(C(C)(C)C(N)=O)c(C(F)(F)F)c2)c(C)n1. The molecule has 0 saturated carbocycles. The van der Waals surface area contributed by atoms with E-state index in [1.165, 1.54) is 32.3 Å². The standard InChI is InChI=1S/C32H33F3N6O5/c1-6-45-26-14-27(46-17-19-7-10-21(44-5)11-8-19)37-15-22(26)28-38-16-25(18(2)39-28)41-30(43)40-20-9-12-23(31(3,4)29(36)42)24(13-20)32(33,34)35/h7-16H,6,17H2,1-5H3,(H2,36,42)(H2,40,41,43). The van der Waals surface area contributed by atoms with Gasteiger partial charge in [-0.1, -0.05) is 18.2 Å². The van der Waals surface area contributed by atoms with Crippen molar-refractivity contribution in [3.63, 3.8) is 0 Å². The lowest BCUT2D eigenvalue weighted by molar-refractivity contribution is -0.139. The van der Waals surface area contributed by atoms with Crippen molar-refractivity contribution in [1.82, 2.24) is 15.0 Å². The normalized spacial score (nSPS) is 11.5. The van der Waals surface area contributed by atoms with Crippen LogP contribution >= 0.6 is 0 Å². The number of pyridine rings is 1. The summed E-state index contributed by atoms with van der Waals surface area (Å²) in [7, 11) is 1.59. The maximum absolute atomic E-state index is 13.8. The summed E-state index contributed by atoms with van der Waals surface area (Å²) in [6, 6.07) is 11.3. The number of hydrogen-bond donors (Lipinski definition) is 3. The highest BCUT2D eigenvalue weighted by Gasteiger charge is 2.40. The van der Waals surface area contributed by atoms with Crippen LogP contribution in [0.25, 0.3) is 11.4 Å². The van der Waals surface area contributed by atoms with Gasteiger partial charge in [0.05, 0.1) is 47.8 Å². The highest BCUT2D eigenvalue weighted by molar-refractivity contribution is 6.00. The molecule has 0 radical (unpaired) electrons. The Balaban J connectivity index is 1.49. The lowest BCUT2D eigenvalue weighted by atomic mass is 9.80. The van der Waals surface area contributed by atoms with Crippen LogP contribution < -0.4 is 30.6 Å². The molecule has 4 rings (SSSR count). The first-order chi connectivity index (χ1) is 21.7. The average Bonchev–Trinajstić information content (AvgIpc) is 3.01. The Bertz CT molecular complexity index is 1730. The Hall–Kier alpha value is -5.40. The summed E-state index contributed by atoms with van der Waals surface area (Å²) in [5.41, 5.74) is 4.18. The van der Waals surface area contributed by atoms with Crippen molar-refractivity contribution >= 4 is 23.3 Å².